The molecule has 5 aliphatic heterocycles. The maximum Gasteiger partial charge on any atom is 0.344 e. The third-order valence-corrected chi connectivity index (χ3v) is 17.7. The molecule has 1 aliphatic carbocycles. The van der Waals surface area contributed by atoms with E-state index in [2.05, 4.69) is 71.4 Å². The van der Waals surface area contributed by atoms with Gasteiger partial charge in [-0.3, -0.25) is 14.5 Å². The van der Waals surface area contributed by atoms with Gasteiger partial charge in [0.2, 0.25) is 5.60 Å². The zero-order valence-electron chi connectivity index (χ0n) is 40.1. The van der Waals surface area contributed by atoms with E-state index in [1.165, 1.54) is 26.7 Å². The van der Waals surface area contributed by atoms with Crippen LogP contribution in [0.5, 0.6) is 5.75 Å². The lowest BCUT2D eigenvalue weighted by atomic mass is 9.47. The van der Waals surface area contributed by atoms with E-state index in [0.29, 0.717) is 75.9 Å². The predicted octanol–water partition coefficient (Wildman–Crippen LogP) is 6.10. The van der Waals surface area contributed by atoms with Gasteiger partial charge in [0.1, 0.15) is 29.9 Å². The highest BCUT2D eigenvalue weighted by molar-refractivity contribution is 5.95. The van der Waals surface area contributed by atoms with Gasteiger partial charge >= 0.3 is 17.9 Å². The van der Waals surface area contributed by atoms with Crippen molar-refractivity contribution < 1.29 is 48.0 Å². The van der Waals surface area contributed by atoms with Crippen LogP contribution in [0.2, 0.25) is 0 Å². The number of hydrogen-bond donors (Lipinski definition) is 3. The summed E-state index contributed by atoms with van der Waals surface area (Å²) in [5.74, 6) is -1.36. The van der Waals surface area contributed by atoms with Crippen LogP contribution in [0.25, 0.3) is 10.9 Å². The average molecular weight is 916 g/mol. The zero-order chi connectivity index (χ0) is 47.3. The molecule has 0 unspecified atom stereocenters. The Kier molecular flexibility index (Phi) is 11.0. The summed E-state index contributed by atoms with van der Waals surface area (Å²) in [6, 6.07) is 21.7. The smallest absolute Gasteiger partial charge is 0.344 e. The molecule has 1 aromatic heterocycles. The van der Waals surface area contributed by atoms with Gasteiger partial charge in [-0.1, -0.05) is 74.5 Å². The number of hydrogen-bond acceptors (Lipinski definition) is 11. The van der Waals surface area contributed by atoms with Crippen LogP contribution in [0.4, 0.5) is 5.69 Å². The van der Waals surface area contributed by atoms with Crippen molar-refractivity contribution in [3.05, 3.63) is 107 Å². The minimum absolute atomic E-state index is 0.0705. The Morgan fingerprint density at radius 2 is 1.66 bits per heavy atom. The largest absolute Gasteiger partial charge is 0.496 e. The van der Waals surface area contributed by atoms with Gasteiger partial charge in [-0.25, -0.2) is 4.79 Å². The van der Waals surface area contributed by atoms with Gasteiger partial charge in [0.15, 0.2) is 6.10 Å². The standard InChI is InChI=1S/C54H67N4O9/c1-8-50(62)30-36-20-23-52(48(60)65-6,44-38(37-18-13-14-19-41(37)55-44)21-27-58(32-36,33-50)31-35-16-11-10-12-17-35)40-28-39-42(29-43(40)64-5)56(4)46-53(39)24-26-57-25-15-22-51(9-2,45(53)57)47(67-34(3)59)54(46,63)49(61)66-7/h10-19,22,28-29,36,45-47,55,62-63H,8-9,20-21,23-27,30-33H2,1-7H3/q+1/t36-,45+,46-,47-,50-,51-,52+,53-,54+,58+/m1/s1. The van der Waals surface area contributed by atoms with Gasteiger partial charge in [0.25, 0.3) is 0 Å². The van der Waals surface area contributed by atoms with Crippen LogP contribution in [-0.2, 0) is 52.4 Å². The number of ether oxygens (including phenoxy) is 4. The number of H-pyrrole nitrogens is 1. The first-order chi connectivity index (χ1) is 32.1. The third-order valence-electron chi connectivity index (χ3n) is 17.7. The van der Waals surface area contributed by atoms with Crippen molar-refractivity contribution in [3.8, 4) is 5.75 Å². The van der Waals surface area contributed by atoms with Gasteiger partial charge in [-0.05, 0) is 68.3 Å². The molecule has 0 amide bonds. The summed E-state index contributed by atoms with van der Waals surface area (Å²) in [7, 11) is 6.22. The Balaban J connectivity index is 1.24. The molecule has 4 aromatic rings. The van der Waals surface area contributed by atoms with E-state index in [1.54, 1.807) is 7.11 Å². The van der Waals surface area contributed by atoms with Crippen molar-refractivity contribution >= 4 is 34.5 Å². The Bertz CT molecular complexity index is 2650. The van der Waals surface area contributed by atoms with E-state index in [9.17, 15) is 19.8 Å². The number of likely N-dealkylation sites (N-methyl/N-ethyl adjacent to an activating group) is 1. The number of rotatable bonds is 9. The minimum atomic E-state index is -2.31. The number of methoxy groups -OCH3 is 3. The number of anilines is 1. The second kappa shape index (κ2) is 16.2. The first-order valence-corrected chi connectivity index (χ1v) is 24.3. The fourth-order valence-corrected chi connectivity index (χ4v) is 15.3. The molecule has 1 saturated carbocycles. The number of aromatic nitrogens is 1. The van der Waals surface area contributed by atoms with E-state index in [1.807, 2.05) is 43.1 Å². The summed E-state index contributed by atoms with van der Waals surface area (Å²) in [5, 5.41) is 27.0. The highest BCUT2D eigenvalue weighted by Gasteiger charge is 2.80. The van der Waals surface area contributed by atoms with Crippen LogP contribution in [0.15, 0.2) is 78.9 Å². The Hall–Kier alpha value is -5.21. The number of benzene rings is 3. The molecule has 6 heterocycles. The molecule has 3 fully saturated rings. The topological polar surface area (TPSA) is 151 Å². The monoisotopic (exact) mass is 915 g/mol. The molecule has 3 N–H and O–H groups in total. The summed E-state index contributed by atoms with van der Waals surface area (Å²) < 4.78 is 25.0. The van der Waals surface area contributed by atoms with Gasteiger partial charge in [-0.15, -0.1) is 0 Å². The number of carbonyl (C=O) groups excluding carboxylic acids is 3. The molecule has 13 nitrogen and oxygen atoms in total. The van der Waals surface area contributed by atoms with E-state index in [-0.39, 0.29) is 12.0 Å². The third kappa shape index (κ3) is 6.36. The zero-order valence-corrected chi connectivity index (χ0v) is 40.1. The molecule has 10 atom stereocenters. The fraction of sp³-hybridized carbons (Fsp3) is 0.537. The number of piperidine rings is 1. The van der Waals surface area contributed by atoms with Crippen molar-refractivity contribution in [2.75, 3.05) is 66.0 Å². The number of fused-ring (bicyclic) bond motifs is 6. The first-order valence-electron chi connectivity index (χ1n) is 24.3. The number of esters is 3. The summed E-state index contributed by atoms with van der Waals surface area (Å²) in [6.07, 6.45) is 6.72. The molecule has 13 heteroatoms. The predicted molar refractivity (Wildman–Crippen MR) is 254 cm³/mol. The summed E-state index contributed by atoms with van der Waals surface area (Å²) >= 11 is 0. The Morgan fingerprint density at radius 1 is 0.910 bits per heavy atom. The van der Waals surface area contributed by atoms with Gasteiger partial charge in [0.05, 0.1) is 40.5 Å². The molecule has 2 saturated heterocycles. The second-order valence-electron chi connectivity index (χ2n) is 20.9. The van der Waals surface area contributed by atoms with Gasteiger partial charge in [-0.2, -0.15) is 0 Å². The lowest BCUT2D eigenvalue weighted by Gasteiger charge is -2.63. The van der Waals surface area contributed by atoms with Crippen molar-refractivity contribution in [3.63, 3.8) is 0 Å². The molecule has 3 aromatic carbocycles. The Labute approximate surface area is 393 Å². The van der Waals surface area contributed by atoms with Crippen molar-refractivity contribution in [1.82, 2.24) is 9.88 Å². The lowest BCUT2D eigenvalue weighted by molar-refractivity contribution is -0.955. The maximum atomic E-state index is 15.6. The van der Waals surface area contributed by atoms with E-state index < -0.39 is 57.5 Å². The first kappa shape index (κ1) is 45.6. The van der Waals surface area contributed by atoms with Crippen LogP contribution >= 0.6 is 0 Å². The average Bonchev–Trinajstić information content (AvgIpc) is 3.99. The summed E-state index contributed by atoms with van der Waals surface area (Å²) in [4.78, 5) is 51.5. The lowest BCUT2D eigenvalue weighted by Crippen LogP contribution is -2.81. The van der Waals surface area contributed by atoms with Crippen LogP contribution in [0.3, 0.4) is 0 Å². The van der Waals surface area contributed by atoms with Crippen LogP contribution in [0, 0.1) is 11.3 Å². The molecule has 10 rings (SSSR count). The Morgan fingerprint density at radius 3 is 2.36 bits per heavy atom. The molecule has 356 valence electrons. The normalized spacial score (nSPS) is 35.2. The summed E-state index contributed by atoms with van der Waals surface area (Å²) in [6.45, 7) is 9.76. The molecule has 1 spiro atoms. The number of quaternary nitrogens is 1. The fourth-order valence-electron chi connectivity index (χ4n) is 15.3. The minimum Gasteiger partial charge on any atom is -0.496 e. The summed E-state index contributed by atoms with van der Waals surface area (Å²) in [5.41, 5.74) is -0.328. The van der Waals surface area contributed by atoms with Crippen LogP contribution < -0.4 is 9.64 Å². The van der Waals surface area contributed by atoms with Crippen LogP contribution in [0.1, 0.15) is 87.2 Å². The number of carbonyl (C=O) groups is 3. The highest BCUT2D eigenvalue weighted by atomic mass is 16.6. The van der Waals surface area contributed by atoms with Crippen molar-refractivity contribution in [2.45, 2.75) is 112 Å². The number of aliphatic hydroxyl groups is 2. The van der Waals surface area contributed by atoms with Crippen molar-refractivity contribution in [2.24, 2.45) is 11.3 Å². The number of aromatic amines is 1. The van der Waals surface area contributed by atoms with E-state index >= 15 is 4.79 Å². The SMILES string of the molecule is CC[C@@]1(O)C[C@H]2CC[C@](C(=O)OC)(c3cc4c(cc3OC)N(C)[C@H]3[C@@](O)(C(=O)OC)[C@H](OC(C)=O)[C@]5(CC)C=CCN6CC[C@]43[C@@H]65)c3[nH]c4ccccc4c3CC[N@+](Cc3ccccc3)(C2)C1. The van der Waals surface area contributed by atoms with Gasteiger partial charge < -0.3 is 43.5 Å². The molecular formula is C54H67N4O9+. The van der Waals surface area contributed by atoms with Crippen LogP contribution in [-0.4, -0.2) is 133 Å². The maximum absolute atomic E-state index is 15.6. The molecule has 2 bridgehead atoms. The highest BCUT2D eigenvalue weighted by Crippen LogP contribution is 2.68. The molecule has 67 heavy (non-hydrogen) atoms. The second-order valence-corrected chi connectivity index (χ2v) is 20.9. The number of nitrogens with one attached hydrogen (secondary N) is 1. The molecule has 6 aliphatic rings. The van der Waals surface area contributed by atoms with E-state index in [4.69, 9.17) is 18.9 Å². The van der Waals surface area contributed by atoms with E-state index in [0.717, 1.165) is 57.5 Å². The van der Waals surface area contributed by atoms with Gasteiger partial charge in [0, 0.05) is 89.2 Å². The molecular weight excluding hydrogens is 849 g/mol. The number of nitrogens with zero attached hydrogens (tertiary/aromatic N) is 3. The van der Waals surface area contributed by atoms with Crippen molar-refractivity contribution in [1.29, 1.82) is 0 Å². The quantitative estimate of drug-likeness (QED) is 0.0775. The molecule has 0 radical (unpaired) electrons. The number of para-hydroxylation sites is 1.